The number of carbonyl (C=O) groups excluding carboxylic acids is 2. The molecule has 0 radical (unpaired) electrons. The standard InChI is InChI=1S/C43H73NO5/c1-9-10-11-12-13-14-15-16-17-18-26-44-40(48)32(21-19-20-29(2)3)38-34-27-36(47)39-41(6)24-23-35(46)30(4)33(41)22-25-42(39,7)43(34,8)28-37(38)49-31(5)45/h20,30,33-37,39,46-47H,9-19,21-28H2,1-8H3,(H,44,48)/b38-32-/t30-,33-,34-,35+,36+,37-,39?,41-,42-,43-/m0/s1. The summed E-state index contributed by atoms with van der Waals surface area (Å²) in [6, 6.07) is 0. The van der Waals surface area contributed by atoms with Gasteiger partial charge in [0.1, 0.15) is 6.10 Å². The molecule has 280 valence electrons. The van der Waals surface area contributed by atoms with Crippen LogP contribution in [0, 0.1) is 39.9 Å². The van der Waals surface area contributed by atoms with Crippen LogP contribution in [0.5, 0.6) is 0 Å². The van der Waals surface area contributed by atoms with Crippen LogP contribution in [-0.2, 0) is 14.3 Å². The molecule has 6 heteroatoms. The van der Waals surface area contributed by atoms with Gasteiger partial charge in [-0.1, -0.05) is 104 Å². The Morgan fingerprint density at radius 3 is 2.12 bits per heavy atom. The van der Waals surface area contributed by atoms with Gasteiger partial charge in [0.15, 0.2) is 0 Å². The van der Waals surface area contributed by atoms with E-state index >= 15 is 0 Å². The second-order valence-electron chi connectivity index (χ2n) is 17.8. The molecule has 49 heavy (non-hydrogen) atoms. The van der Waals surface area contributed by atoms with Gasteiger partial charge in [0.2, 0.25) is 5.91 Å². The first-order valence-corrected chi connectivity index (χ1v) is 20.4. The highest BCUT2D eigenvalue weighted by Gasteiger charge is 2.70. The van der Waals surface area contributed by atoms with Crippen molar-refractivity contribution in [3.63, 3.8) is 0 Å². The van der Waals surface area contributed by atoms with E-state index in [1.807, 2.05) is 0 Å². The molecular weight excluding hydrogens is 610 g/mol. The summed E-state index contributed by atoms with van der Waals surface area (Å²) in [5.74, 6) is 0.307. The molecule has 4 saturated carbocycles. The van der Waals surface area contributed by atoms with Crippen molar-refractivity contribution < 1.29 is 24.5 Å². The van der Waals surface area contributed by atoms with Crippen LogP contribution >= 0.6 is 0 Å². The molecule has 0 aliphatic heterocycles. The normalized spacial score (nSPS) is 37.8. The van der Waals surface area contributed by atoms with Crippen LogP contribution in [0.4, 0.5) is 0 Å². The predicted octanol–water partition coefficient (Wildman–Crippen LogP) is 9.62. The zero-order valence-corrected chi connectivity index (χ0v) is 32.7. The molecule has 0 saturated heterocycles. The molecule has 0 aromatic carbocycles. The third-order valence-electron chi connectivity index (χ3n) is 14.4. The fourth-order valence-corrected chi connectivity index (χ4v) is 11.7. The Kier molecular flexibility index (Phi) is 14.1. The van der Waals surface area contributed by atoms with Gasteiger partial charge in [0, 0.05) is 19.0 Å². The van der Waals surface area contributed by atoms with E-state index in [4.69, 9.17) is 4.74 Å². The molecule has 0 heterocycles. The van der Waals surface area contributed by atoms with E-state index in [0.717, 1.165) is 56.1 Å². The van der Waals surface area contributed by atoms with Gasteiger partial charge in [-0.3, -0.25) is 9.59 Å². The molecule has 3 N–H and O–H groups in total. The smallest absolute Gasteiger partial charge is 0.303 e. The number of nitrogens with one attached hydrogen (secondary N) is 1. The van der Waals surface area contributed by atoms with Gasteiger partial charge in [-0.15, -0.1) is 0 Å². The van der Waals surface area contributed by atoms with E-state index < -0.39 is 12.2 Å². The van der Waals surface area contributed by atoms with Crippen LogP contribution in [0.2, 0.25) is 0 Å². The molecule has 4 aliphatic rings. The average molecular weight is 684 g/mol. The summed E-state index contributed by atoms with van der Waals surface area (Å²) in [5, 5.41) is 26.4. The Hall–Kier alpha value is -1.66. The summed E-state index contributed by atoms with van der Waals surface area (Å²) >= 11 is 0. The number of carbonyl (C=O) groups is 2. The topological polar surface area (TPSA) is 95.9 Å². The largest absolute Gasteiger partial charge is 0.458 e. The van der Waals surface area contributed by atoms with E-state index in [1.165, 1.54) is 63.9 Å². The monoisotopic (exact) mass is 684 g/mol. The maximum atomic E-state index is 14.2. The second kappa shape index (κ2) is 17.2. The van der Waals surface area contributed by atoms with E-state index in [1.54, 1.807) is 0 Å². The van der Waals surface area contributed by atoms with Gasteiger partial charge >= 0.3 is 5.97 Å². The summed E-state index contributed by atoms with van der Waals surface area (Å²) in [7, 11) is 0. The number of fused-ring (bicyclic) bond motifs is 5. The summed E-state index contributed by atoms with van der Waals surface area (Å²) in [6.45, 7) is 17.9. The highest BCUT2D eigenvalue weighted by atomic mass is 16.5. The number of ether oxygens (including phenoxy) is 1. The van der Waals surface area contributed by atoms with E-state index in [0.29, 0.717) is 31.7 Å². The Balaban J connectivity index is 1.58. The molecule has 1 unspecified atom stereocenters. The molecule has 0 aromatic heterocycles. The molecule has 0 bridgehead atoms. The van der Waals surface area contributed by atoms with Crippen molar-refractivity contribution in [1.82, 2.24) is 5.32 Å². The van der Waals surface area contributed by atoms with Crippen LogP contribution in [0.25, 0.3) is 0 Å². The Morgan fingerprint density at radius 1 is 0.878 bits per heavy atom. The van der Waals surface area contributed by atoms with Crippen LogP contribution in [0.15, 0.2) is 22.8 Å². The number of hydrogen-bond acceptors (Lipinski definition) is 5. The zero-order chi connectivity index (χ0) is 36.0. The Labute approximate surface area is 299 Å². The molecule has 4 fully saturated rings. The molecule has 10 atom stereocenters. The lowest BCUT2D eigenvalue weighted by molar-refractivity contribution is -0.234. The van der Waals surface area contributed by atoms with Gasteiger partial charge in [-0.25, -0.2) is 0 Å². The first kappa shape index (κ1) is 40.1. The molecule has 0 spiro atoms. The lowest BCUT2D eigenvalue weighted by Gasteiger charge is -2.69. The van der Waals surface area contributed by atoms with Crippen LogP contribution in [0.1, 0.15) is 171 Å². The highest BCUT2D eigenvalue weighted by Crippen LogP contribution is 2.74. The summed E-state index contributed by atoms with van der Waals surface area (Å²) < 4.78 is 6.17. The fraction of sp³-hybridized carbons (Fsp3) is 0.860. The van der Waals surface area contributed by atoms with Crippen LogP contribution in [0.3, 0.4) is 0 Å². The number of rotatable bonds is 16. The third-order valence-corrected chi connectivity index (χ3v) is 14.4. The first-order valence-electron chi connectivity index (χ1n) is 20.4. The lowest BCUT2D eigenvalue weighted by atomic mass is 9.36. The number of aliphatic hydroxyl groups excluding tert-OH is 2. The van der Waals surface area contributed by atoms with Crippen molar-refractivity contribution in [2.75, 3.05) is 6.54 Å². The highest BCUT2D eigenvalue weighted by molar-refractivity contribution is 5.94. The quantitative estimate of drug-likeness (QED) is 0.0652. The van der Waals surface area contributed by atoms with Gasteiger partial charge in [0.25, 0.3) is 0 Å². The van der Waals surface area contributed by atoms with Crippen molar-refractivity contribution in [1.29, 1.82) is 0 Å². The minimum atomic E-state index is -0.516. The summed E-state index contributed by atoms with van der Waals surface area (Å²) in [5.41, 5.74) is 2.47. The number of hydrogen-bond donors (Lipinski definition) is 3. The molecule has 0 aromatic rings. The van der Waals surface area contributed by atoms with Crippen molar-refractivity contribution in [3.05, 3.63) is 22.8 Å². The third kappa shape index (κ3) is 8.53. The lowest BCUT2D eigenvalue weighted by Crippen LogP contribution is -2.65. The Morgan fingerprint density at radius 2 is 1.51 bits per heavy atom. The number of unbranched alkanes of at least 4 members (excludes halogenated alkanes) is 9. The number of esters is 1. The average Bonchev–Trinajstić information content (AvgIpc) is 3.30. The second-order valence-corrected chi connectivity index (χ2v) is 17.8. The van der Waals surface area contributed by atoms with Crippen molar-refractivity contribution in [2.24, 2.45) is 39.9 Å². The van der Waals surface area contributed by atoms with Crippen molar-refractivity contribution in [3.8, 4) is 0 Å². The predicted molar refractivity (Wildman–Crippen MR) is 200 cm³/mol. The zero-order valence-electron chi connectivity index (χ0n) is 32.7. The maximum Gasteiger partial charge on any atom is 0.303 e. The van der Waals surface area contributed by atoms with Gasteiger partial charge in [-0.2, -0.15) is 0 Å². The maximum absolute atomic E-state index is 14.2. The van der Waals surface area contributed by atoms with Gasteiger partial charge in [-0.05, 0) is 117 Å². The molecule has 4 aliphatic carbocycles. The first-order chi connectivity index (χ1) is 23.2. The molecule has 6 nitrogen and oxygen atoms in total. The minimum absolute atomic E-state index is 0.0259. The Bertz CT molecular complexity index is 1190. The van der Waals surface area contributed by atoms with Crippen LogP contribution in [-0.4, -0.2) is 46.9 Å². The van der Waals surface area contributed by atoms with Gasteiger partial charge in [0.05, 0.1) is 12.2 Å². The van der Waals surface area contributed by atoms with Gasteiger partial charge < -0.3 is 20.3 Å². The molecule has 4 rings (SSSR count). The number of amides is 1. The molecule has 1 amide bonds. The van der Waals surface area contributed by atoms with E-state index in [-0.39, 0.29) is 52.0 Å². The van der Waals surface area contributed by atoms with Crippen LogP contribution < -0.4 is 5.32 Å². The summed E-state index contributed by atoms with van der Waals surface area (Å²) in [6.07, 6.45) is 19.8. The van der Waals surface area contributed by atoms with E-state index in [9.17, 15) is 19.8 Å². The minimum Gasteiger partial charge on any atom is -0.458 e. The van der Waals surface area contributed by atoms with Crippen molar-refractivity contribution in [2.45, 2.75) is 189 Å². The number of allylic oxidation sites excluding steroid dienone is 2. The SMILES string of the molecule is CCCCCCCCCCCCNC(=O)/C(CCC=C(C)C)=C1\[C@@H](OC(C)=O)C[C@@]2(C)[C@H]1C[C@@H](O)C1[C@]2(C)CC[C@H]2[C@H](C)[C@H](O)CC[C@]12C. The van der Waals surface area contributed by atoms with Crippen molar-refractivity contribution >= 4 is 11.9 Å². The fourth-order valence-electron chi connectivity index (χ4n) is 11.7. The van der Waals surface area contributed by atoms with E-state index in [2.05, 4.69) is 59.9 Å². The summed E-state index contributed by atoms with van der Waals surface area (Å²) in [4.78, 5) is 26.9. The molecular formula is C43H73NO5. The number of aliphatic hydroxyl groups is 2.